The van der Waals surface area contributed by atoms with E-state index in [9.17, 15) is 0 Å². The molecule has 0 spiro atoms. The van der Waals surface area contributed by atoms with Gasteiger partial charge in [0.1, 0.15) is 5.83 Å². The minimum atomic E-state index is -0.778. The van der Waals surface area contributed by atoms with Gasteiger partial charge in [0.25, 0.3) is 0 Å². The van der Waals surface area contributed by atoms with Gasteiger partial charge in [-0.25, -0.2) is 4.39 Å². The van der Waals surface area contributed by atoms with Crippen LogP contribution in [0.15, 0.2) is 109 Å². The Morgan fingerprint density at radius 2 is 1.07 bits per heavy atom. The van der Waals surface area contributed by atoms with Crippen molar-refractivity contribution in [1.82, 2.24) is 0 Å². The molecule has 0 unspecified atom stereocenters. The van der Waals surface area contributed by atoms with Crippen LogP contribution in [0.2, 0.25) is 0 Å². The molecular formula is C27H20FP. The highest BCUT2D eigenvalue weighted by molar-refractivity contribution is 7.73. The Balaban J connectivity index is 1.83. The lowest BCUT2D eigenvalue weighted by Crippen LogP contribution is -2.18. The fourth-order valence-electron chi connectivity index (χ4n) is 4.13. The van der Waals surface area contributed by atoms with Crippen molar-refractivity contribution in [2.45, 2.75) is 5.66 Å². The summed E-state index contributed by atoms with van der Waals surface area (Å²) >= 11 is 0. The van der Waals surface area contributed by atoms with Gasteiger partial charge in [-0.05, 0) is 41.3 Å². The van der Waals surface area contributed by atoms with Crippen LogP contribution in [0.3, 0.4) is 0 Å². The molecule has 4 aromatic carbocycles. The van der Waals surface area contributed by atoms with Gasteiger partial charge >= 0.3 is 0 Å². The summed E-state index contributed by atoms with van der Waals surface area (Å²) < 4.78 is 15.2. The largest absolute Gasteiger partial charge is 0.206 e. The molecule has 0 aromatic heterocycles. The molecule has 0 saturated heterocycles. The van der Waals surface area contributed by atoms with Crippen LogP contribution < -0.4 is 10.6 Å². The van der Waals surface area contributed by atoms with E-state index in [0.717, 1.165) is 11.1 Å². The minimum Gasteiger partial charge on any atom is -0.206 e. The van der Waals surface area contributed by atoms with Crippen LogP contribution in [-0.2, 0) is 0 Å². The fraction of sp³-hybridized carbons (Fsp3) is 0.0370. The summed E-state index contributed by atoms with van der Waals surface area (Å²) in [7, 11) is -0.778. The number of rotatable bonds is 3. The van der Waals surface area contributed by atoms with Crippen molar-refractivity contribution >= 4 is 30.4 Å². The molecule has 0 amide bonds. The molecule has 0 aliphatic heterocycles. The molecule has 0 radical (unpaired) electrons. The lowest BCUT2D eigenvalue weighted by molar-refractivity contribution is 0.764. The Bertz CT molecular complexity index is 1130. The van der Waals surface area contributed by atoms with Crippen LogP contribution in [0.4, 0.5) is 4.39 Å². The first-order valence-electron chi connectivity index (χ1n) is 9.78. The molecule has 1 aliphatic carbocycles. The molecule has 140 valence electrons. The van der Waals surface area contributed by atoms with Gasteiger partial charge in [-0.1, -0.05) is 109 Å². The van der Waals surface area contributed by atoms with Gasteiger partial charge in [0.05, 0.1) is 0 Å². The molecule has 5 rings (SSSR count). The van der Waals surface area contributed by atoms with Crippen molar-refractivity contribution in [2.24, 2.45) is 0 Å². The normalized spacial score (nSPS) is 15.2. The van der Waals surface area contributed by atoms with Gasteiger partial charge in [0, 0.05) is 11.2 Å². The van der Waals surface area contributed by atoms with E-state index < -0.39 is 7.92 Å². The van der Waals surface area contributed by atoms with Crippen molar-refractivity contribution in [1.29, 1.82) is 0 Å². The van der Waals surface area contributed by atoms with E-state index in [4.69, 9.17) is 0 Å². The van der Waals surface area contributed by atoms with Gasteiger partial charge in [-0.15, -0.1) is 0 Å². The standard InChI is InChI=1S/C27H20FP/c28-26-19-20-11-7-8-16-23(20)27(25-18-10-9-17-24(25)26)29(21-12-3-1-4-13-21)22-14-5-2-6-15-22/h1-19,27H/t27-/m0/s1. The third kappa shape index (κ3) is 3.33. The average molecular weight is 394 g/mol. The molecule has 2 heteroatoms. The first-order valence-corrected chi connectivity index (χ1v) is 11.2. The SMILES string of the molecule is FC1=Cc2ccccc2[C@H](P(c2ccccc2)c2ccccc2)c2ccccc21. The Morgan fingerprint density at radius 1 is 0.552 bits per heavy atom. The number of hydrogen-bond donors (Lipinski definition) is 0. The van der Waals surface area contributed by atoms with E-state index in [0.29, 0.717) is 5.56 Å². The van der Waals surface area contributed by atoms with Gasteiger partial charge in [-0.2, -0.15) is 0 Å². The molecule has 0 N–H and O–H groups in total. The smallest absolute Gasteiger partial charge is 0.131 e. The second-order valence-corrected chi connectivity index (χ2v) is 9.44. The predicted octanol–water partition coefficient (Wildman–Crippen LogP) is 6.69. The third-order valence-corrected chi connectivity index (χ3v) is 8.19. The zero-order chi connectivity index (χ0) is 19.6. The summed E-state index contributed by atoms with van der Waals surface area (Å²) in [4.78, 5) is 0. The van der Waals surface area contributed by atoms with Crippen molar-refractivity contribution in [3.63, 3.8) is 0 Å². The third-order valence-electron chi connectivity index (χ3n) is 5.41. The summed E-state index contributed by atoms with van der Waals surface area (Å²) in [5.41, 5.74) is 3.99. The number of fused-ring (bicyclic) bond motifs is 2. The summed E-state index contributed by atoms with van der Waals surface area (Å²) in [5.74, 6) is -0.161. The second kappa shape index (κ2) is 7.78. The second-order valence-electron chi connectivity index (χ2n) is 7.15. The molecule has 1 atom stereocenters. The molecule has 0 saturated carbocycles. The molecule has 0 fully saturated rings. The summed E-state index contributed by atoms with van der Waals surface area (Å²) in [5, 5.41) is 2.59. The quantitative estimate of drug-likeness (QED) is 0.340. The first-order chi connectivity index (χ1) is 14.3. The van der Waals surface area contributed by atoms with Crippen LogP contribution in [0.1, 0.15) is 27.9 Å². The van der Waals surface area contributed by atoms with E-state index in [2.05, 4.69) is 78.9 Å². The van der Waals surface area contributed by atoms with E-state index in [1.54, 1.807) is 6.08 Å². The van der Waals surface area contributed by atoms with Crippen molar-refractivity contribution < 1.29 is 4.39 Å². The monoisotopic (exact) mass is 394 g/mol. The Labute approximate surface area is 172 Å². The Morgan fingerprint density at radius 3 is 1.72 bits per heavy atom. The zero-order valence-corrected chi connectivity index (χ0v) is 16.8. The highest BCUT2D eigenvalue weighted by Crippen LogP contribution is 2.56. The van der Waals surface area contributed by atoms with Crippen molar-refractivity contribution in [3.05, 3.63) is 131 Å². The van der Waals surface area contributed by atoms with Crippen LogP contribution in [0, 0.1) is 0 Å². The van der Waals surface area contributed by atoms with Gasteiger partial charge in [0.15, 0.2) is 0 Å². The minimum absolute atomic E-state index is 0.0756. The Hall–Kier alpha value is -3.02. The fourth-order valence-corrected chi connectivity index (χ4v) is 7.03. The van der Waals surface area contributed by atoms with E-state index >= 15 is 4.39 Å². The molecule has 1 aliphatic rings. The first kappa shape index (κ1) is 18.0. The molecular weight excluding hydrogens is 374 g/mol. The maximum atomic E-state index is 15.2. The maximum absolute atomic E-state index is 15.2. The van der Waals surface area contributed by atoms with Crippen molar-refractivity contribution in [2.75, 3.05) is 0 Å². The lowest BCUT2D eigenvalue weighted by atomic mass is 9.99. The van der Waals surface area contributed by atoms with Gasteiger partial charge in [-0.3, -0.25) is 0 Å². The Kier molecular flexibility index (Phi) is 4.84. The van der Waals surface area contributed by atoms with Gasteiger partial charge < -0.3 is 0 Å². The summed E-state index contributed by atoms with van der Waals surface area (Å²) in [6, 6.07) is 37.5. The van der Waals surface area contributed by atoms with Crippen LogP contribution in [-0.4, -0.2) is 0 Å². The number of benzene rings is 4. The van der Waals surface area contributed by atoms with Crippen molar-refractivity contribution in [3.8, 4) is 0 Å². The number of halogens is 1. The molecule has 0 bridgehead atoms. The molecule has 29 heavy (non-hydrogen) atoms. The zero-order valence-electron chi connectivity index (χ0n) is 15.9. The number of hydrogen-bond acceptors (Lipinski definition) is 0. The van der Waals surface area contributed by atoms with E-state index in [-0.39, 0.29) is 11.5 Å². The summed E-state index contributed by atoms with van der Waals surface area (Å²) in [6.45, 7) is 0. The molecule has 0 heterocycles. The van der Waals surface area contributed by atoms with Crippen LogP contribution in [0.25, 0.3) is 11.9 Å². The van der Waals surface area contributed by atoms with E-state index in [1.807, 2.05) is 30.3 Å². The van der Waals surface area contributed by atoms with Crippen LogP contribution >= 0.6 is 7.92 Å². The molecule has 4 aromatic rings. The van der Waals surface area contributed by atoms with E-state index in [1.165, 1.54) is 16.2 Å². The molecule has 0 nitrogen and oxygen atoms in total. The summed E-state index contributed by atoms with van der Waals surface area (Å²) in [6.07, 6.45) is 1.69. The predicted molar refractivity (Wildman–Crippen MR) is 123 cm³/mol. The highest BCUT2D eigenvalue weighted by Gasteiger charge is 2.32. The lowest BCUT2D eigenvalue weighted by Gasteiger charge is -2.31. The topological polar surface area (TPSA) is 0 Å². The maximum Gasteiger partial charge on any atom is 0.131 e. The van der Waals surface area contributed by atoms with Crippen LogP contribution in [0.5, 0.6) is 0 Å². The highest BCUT2D eigenvalue weighted by atomic mass is 31.1. The average Bonchev–Trinajstić information content (AvgIpc) is 2.91. The van der Waals surface area contributed by atoms with Gasteiger partial charge in [0.2, 0.25) is 0 Å².